The van der Waals surface area contributed by atoms with Gasteiger partial charge < -0.3 is 14.5 Å². The lowest BCUT2D eigenvalue weighted by atomic mass is 10.1. The molecule has 3 aromatic rings. The smallest absolute Gasteiger partial charge is 0.240 e. The maximum absolute atomic E-state index is 12.1. The highest BCUT2D eigenvalue weighted by molar-refractivity contribution is 6.30. The van der Waals surface area contributed by atoms with Gasteiger partial charge >= 0.3 is 0 Å². The van der Waals surface area contributed by atoms with Crippen molar-refractivity contribution >= 4 is 23.5 Å². The highest BCUT2D eigenvalue weighted by atomic mass is 35.5. The van der Waals surface area contributed by atoms with E-state index in [1.165, 1.54) is 0 Å². The second-order valence-corrected chi connectivity index (χ2v) is 7.76. The molecule has 1 saturated heterocycles. The molecule has 2 aromatic carbocycles. The Kier molecular flexibility index (Phi) is 6.14. The Hall–Kier alpha value is -3.12. The molecule has 154 valence electrons. The van der Waals surface area contributed by atoms with E-state index in [0.717, 1.165) is 22.8 Å². The number of hydrogen-bond acceptors (Lipinski definition) is 5. The van der Waals surface area contributed by atoms with Crippen molar-refractivity contribution < 1.29 is 9.53 Å². The molecule has 7 heteroatoms. The molecule has 0 saturated carbocycles. The van der Waals surface area contributed by atoms with Crippen molar-refractivity contribution in [3.05, 3.63) is 66.9 Å². The molecule has 1 atom stereocenters. The second-order valence-electron chi connectivity index (χ2n) is 7.11. The minimum absolute atomic E-state index is 0.0243. The van der Waals surface area contributed by atoms with Crippen LogP contribution >= 0.6 is 11.6 Å². The minimum atomic E-state index is -0.495. The van der Waals surface area contributed by atoms with E-state index in [9.17, 15) is 4.79 Å². The molecular formula is C23H23ClN4O2. The van der Waals surface area contributed by atoms with Crippen LogP contribution in [-0.4, -0.2) is 52.3 Å². The predicted molar refractivity (Wildman–Crippen MR) is 118 cm³/mol. The summed E-state index contributed by atoms with van der Waals surface area (Å²) in [5.41, 5.74) is 1.84. The molecule has 0 radical (unpaired) electrons. The molecule has 1 aliphatic heterocycles. The lowest BCUT2D eigenvalue weighted by Crippen LogP contribution is -2.50. The van der Waals surface area contributed by atoms with Crippen molar-refractivity contribution in [3.63, 3.8) is 0 Å². The number of halogens is 1. The molecule has 4 rings (SSSR count). The van der Waals surface area contributed by atoms with Crippen molar-refractivity contribution in [1.82, 2.24) is 14.9 Å². The van der Waals surface area contributed by atoms with E-state index in [-0.39, 0.29) is 5.91 Å². The van der Waals surface area contributed by atoms with Gasteiger partial charge in [-0.15, -0.1) is 11.6 Å². The first-order chi connectivity index (χ1) is 14.6. The molecule has 0 unspecified atom stereocenters. The standard InChI is InChI=1S/C23H23ClN4O2/c1-17(24)22(29)27-13-15-28(16-14-27)23-25-12-11-21(26-23)18-7-9-20(10-8-18)30-19-5-3-2-4-6-19/h2-12,17H,13-16H2,1H3/t17-/m0/s1. The Bertz CT molecular complexity index is 988. The number of carbonyl (C=O) groups excluding carboxylic acids is 1. The number of piperazine rings is 1. The quantitative estimate of drug-likeness (QED) is 0.576. The fourth-order valence-corrected chi connectivity index (χ4v) is 3.50. The zero-order valence-electron chi connectivity index (χ0n) is 16.7. The third-order valence-corrected chi connectivity index (χ3v) is 5.17. The molecule has 0 spiro atoms. The Balaban J connectivity index is 1.43. The number of alkyl halides is 1. The topological polar surface area (TPSA) is 58.6 Å². The zero-order chi connectivity index (χ0) is 20.9. The summed E-state index contributed by atoms with van der Waals surface area (Å²) in [6.45, 7) is 4.31. The van der Waals surface area contributed by atoms with E-state index in [2.05, 4.69) is 9.88 Å². The van der Waals surface area contributed by atoms with Crippen LogP contribution in [0.3, 0.4) is 0 Å². The van der Waals surface area contributed by atoms with Crippen LogP contribution in [0.4, 0.5) is 5.95 Å². The Morgan fingerprint density at radius 3 is 2.30 bits per heavy atom. The van der Waals surface area contributed by atoms with Crippen molar-refractivity contribution in [2.45, 2.75) is 12.3 Å². The number of rotatable bonds is 5. The molecule has 1 aromatic heterocycles. The average molecular weight is 423 g/mol. The number of ether oxygens (including phenoxy) is 1. The lowest BCUT2D eigenvalue weighted by molar-refractivity contribution is -0.130. The molecule has 2 heterocycles. The summed E-state index contributed by atoms with van der Waals surface area (Å²) in [7, 11) is 0. The fourth-order valence-electron chi connectivity index (χ4n) is 3.36. The van der Waals surface area contributed by atoms with Gasteiger partial charge in [0.05, 0.1) is 5.69 Å². The van der Waals surface area contributed by atoms with Gasteiger partial charge in [-0.25, -0.2) is 9.97 Å². The van der Waals surface area contributed by atoms with E-state index in [4.69, 9.17) is 21.3 Å². The van der Waals surface area contributed by atoms with Gasteiger partial charge in [-0.05, 0) is 49.4 Å². The first-order valence-electron chi connectivity index (χ1n) is 9.94. The first-order valence-corrected chi connectivity index (χ1v) is 10.4. The van der Waals surface area contributed by atoms with Crippen LogP contribution in [0.2, 0.25) is 0 Å². The predicted octanol–water partition coefficient (Wildman–Crippen LogP) is 4.21. The Morgan fingerprint density at radius 1 is 0.967 bits per heavy atom. The molecule has 1 aliphatic rings. The number of benzene rings is 2. The maximum atomic E-state index is 12.1. The third-order valence-electron chi connectivity index (χ3n) is 4.99. The second kappa shape index (κ2) is 9.13. The van der Waals surface area contributed by atoms with Crippen molar-refractivity contribution in [3.8, 4) is 22.8 Å². The number of aromatic nitrogens is 2. The van der Waals surface area contributed by atoms with Gasteiger partial charge in [-0.3, -0.25) is 4.79 Å². The molecule has 1 amide bonds. The van der Waals surface area contributed by atoms with Crippen LogP contribution in [0.25, 0.3) is 11.3 Å². The SMILES string of the molecule is C[C@H](Cl)C(=O)N1CCN(c2nccc(-c3ccc(Oc4ccccc4)cc3)n2)CC1. The van der Waals surface area contributed by atoms with Crippen molar-refractivity contribution in [1.29, 1.82) is 0 Å². The van der Waals surface area contributed by atoms with Crippen LogP contribution in [0.15, 0.2) is 66.9 Å². The fraction of sp³-hybridized carbons (Fsp3) is 0.261. The van der Waals surface area contributed by atoms with Gasteiger partial charge in [-0.1, -0.05) is 18.2 Å². The largest absolute Gasteiger partial charge is 0.457 e. The summed E-state index contributed by atoms with van der Waals surface area (Å²) >= 11 is 5.92. The van der Waals surface area contributed by atoms with E-state index in [0.29, 0.717) is 32.1 Å². The normalized spacial score (nSPS) is 15.0. The van der Waals surface area contributed by atoms with Crippen LogP contribution in [0.5, 0.6) is 11.5 Å². The first kappa shape index (κ1) is 20.2. The Morgan fingerprint density at radius 2 is 1.63 bits per heavy atom. The number of amides is 1. The molecular weight excluding hydrogens is 400 g/mol. The van der Waals surface area contributed by atoms with Gasteiger partial charge in [-0.2, -0.15) is 0 Å². The average Bonchev–Trinajstić information content (AvgIpc) is 2.80. The van der Waals surface area contributed by atoms with Gasteiger partial charge in [0.1, 0.15) is 16.9 Å². The number of hydrogen-bond donors (Lipinski definition) is 0. The highest BCUT2D eigenvalue weighted by Crippen LogP contribution is 2.25. The van der Waals surface area contributed by atoms with Gasteiger partial charge in [0.15, 0.2) is 0 Å². The van der Waals surface area contributed by atoms with Crippen molar-refractivity contribution in [2.75, 3.05) is 31.1 Å². The monoisotopic (exact) mass is 422 g/mol. The molecule has 30 heavy (non-hydrogen) atoms. The van der Waals surface area contributed by atoms with Gasteiger partial charge in [0.2, 0.25) is 11.9 Å². The minimum Gasteiger partial charge on any atom is -0.457 e. The lowest BCUT2D eigenvalue weighted by Gasteiger charge is -2.35. The van der Waals surface area contributed by atoms with E-state index < -0.39 is 5.38 Å². The number of para-hydroxylation sites is 1. The van der Waals surface area contributed by atoms with Crippen LogP contribution < -0.4 is 9.64 Å². The molecule has 6 nitrogen and oxygen atoms in total. The van der Waals surface area contributed by atoms with Crippen LogP contribution in [0, 0.1) is 0 Å². The van der Waals surface area contributed by atoms with E-state index >= 15 is 0 Å². The summed E-state index contributed by atoms with van der Waals surface area (Å²) in [4.78, 5) is 25.1. The molecule has 0 bridgehead atoms. The van der Waals surface area contributed by atoms with Crippen molar-refractivity contribution in [2.24, 2.45) is 0 Å². The maximum Gasteiger partial charge on any atom is 0.240 e. The van der Waals surface area contributed by atoms with Crippen LogP contribution in [0.1, 0.15) is 6.92 Å². The summed E-state index contributed by atoms with van der Waals surface area (Å²) < 4.78 is 5.85. The Labute approximate surface area is 181 Å². The van der Waals surface area contributed by atoms with E-state index in [1.807, 2.05) is 60.7 Å². The number of nitrogens with zero attached hydrogens (tertiary/aromatic N) is 4. The van der Waals surface area contributed by atoms with Crippen LogP contribution in [-0.2, 0) is 4.79 Å². The summed E-state index contributed by atoms with van der Waals surface area (Å²) in [5, 5.41) is -0.495. The summed E-state index contributed by atoms with van der Waals surface area (Å²) in [6, 6.07) is 19.4. The molecule has 0 aliphatic carbocycles. The molecule has 0 N–H and O–H groups in total. The van der Waals surface area contributed by atoms with Gasteiger partial charge in [0.25, 0.3) is 0 Å². The zero-order valence-corrected chi connectivity index (χ0v) is 17.5. The van der Waals surface area contributed by atoms with Gasteiger partial charge in [0, 0.05) is 37.9 Å². The summed E-state index contributed by atoms with van der Waals surface area (Å²) in [5.74, 6) is 2.22. The highest BCUT2D eigenvalue weighted by Gasteiger charge is 2.25. The third kappa shape index (κ3) is 4.71. The number of anilines is 1. The summed E-state index contributed by atoms with van der Waals surface area (Å²) in [6.07, 6.45) is 1.77. The van der Waals surface area contributed by atoms with E-state index in [1.54, 1.807) is 18.0 Å². The molecule has 1 fully saturated rings. The number of carbonyl (C=O) groups is 1.